The summed E-state index contributed by atoms with van der Waals surface area (Å²) < 4.78 is 0. The van der Waals surface area contributed by atoms with Crippen LogP contribution in [0.15, 0.2) is 120 Å². The SMILES string of the molecule is CC(=O)N1C(c2ccccc2PCc2ccccc2)=N[C@@H](c2ccccc2)[C@@H]1c1ccccc1. The second-order valence-corrected chi connectivity index (χ2v) is 9.68. The van der Waals surface area contributed by atoms with Gasteiger partial charge in [-0.25, -0.2) is 0 Å². The van der Waals surface area contributed by atoms with Crippen LogP contribution >= 0.6 is 8.58 Å². The van der Waals surface area contributed by atoms with Crippen molar-refractivity contribution in [1.29, 1.82) is 0 Å². The van der Waals surface area contributed by atoms with E-state index in [0.29, 0.717) is 8.58 Å². The standard InChI is InChI=1S/C30H27N2OP/c1-22(33)32-29(25-17-9-4-10-18-25)28(24-15-7-3-8-16-24)31-30(32)26-19-11-12-20-27(26)34-21-23-13-5-2-6-14-23/h2-20,28-29,34H,21H2,1H3/t28-,29-/m0/s1. The number of hydrogen-bond acceptors (Lipinski definition) is 2. The van der Waals surface area contributed by atoms with E-state index in [0.717, 1.165) is 28.7 Å². The van der Waals surface area contributed by atoms with Crippen LogP contribution in [0.25, 0.3) is 0 Å². The van der Waals surface area contributed by atoms with Crippen molar-refractivity contribution < 1.29 is 4.79 Å². The number of carbonyl (C=O) groups excluding carboxylic acids is 1. The Bertz CT molecular complexity index is 1290. The molecule has 4 heteroatoms. The van der Waals surface area contributed by atoms with Crippen LogP contribution in [0.3, 0.4) is 0 Å². The zero-order valence-corrected chi connectivity index (χ0v) is 20.1. The van der Waals surface area contributed by atoms with Gasteiger partial charge in [0.2, 0.25) is 5.91 Å². The second kappa shape index (κ2) is 10.2. The zero-order chi connectivity index (χ0) is 23.3. The Balaban J connectivity index is 1.58. The average molecular weight is 463 g/mol. The molecule has 3 atom stereocenters. The van der Waals surface area contributed by atoms with Gasteiger partial charge in [-0.1, -0.05) is 124 Å². The summed E-state index contributed by atoms with van der Waals surface area (Å²) in [5.41, 5.74) is 4.57. The van der Waals surface area contributed by atoms with Crippen LogP contribution in [0.5, 0.6) is 0 Å². The highest BCUT2D eigenvalue weighted by atomic mass is 31.1. The quantitative estimate of drug-likeness (QED) is 0.310. The van der Waals surface area contributed by atoms with Crippen molar-refractivity contribution in [2.75, 3.05) is 0 Å². The number of aliphatic imine (C=N–C) groups is 1. The number of hydrogen-bond donors (Lipinski definition) is 0. The van der Waals surface area contributed by atoms with Crippen LogP contribution in [-0.4, -0.2) is 16.6 Å². The number of rotatable bonds is 6. The molecular weight excluding hydrogens is 435 g/mol. The molecule has 1 amide bonds. The third-order valence-corrected chi connectivity index (χ3v) is 7.58. The molecule has 0 aliphatic carbocycles. The Hall–Kier alpha value is -3.55. The van der Waals surface area contributed by atoms with Crippen molar-refractivity contribution in [2.45, 2.75) is 25.2 Å². The molecule has 4 aromatic rings. The fraction of sp³-hybridized carbons (Fsp3) is 0.133. The minimum Gasteiger partial charge on any atom is -0.287 e. The molecule has 0 saturated carbocycles. The van der Waals surface area contributed by atoms with Crippen LogP contribution in [0.1, 0.15) is 41.3 Å². The molecule has 3 nitrogen and oxygen atoms in total. The van der Waals surface area contributed by atoms with Gasteiger partial charge in [0.25, 0.3) is 0 Å². The average Bonchev–Trinajstić information content (AvgIpc) is 3.30. The fourth-order valence-electron chi connectivity index (χ4n) is 4.60. The van der Waals surface area contributed by atoms with E-state index in [4.69, 9.17) is 4.99 Å². The molecule has 0 spiro atoms. The summed E-state index contributed by atoms with van der Waals surface area (Å²) in [7, 11) is 0.589. The number of nitrogens with zero attached hydrogens (tertiary/aromatic N) is 2. The summed E-state index contributed by atoms with van der Waals surface area (Å²) in [5, 5.41) is 1.23. The molecular formula is C30H27N2OP. The Morgan fingerprint density at radius 3 is 1.97 bits per heavy atom. The molecule has 0 radical (unpaired) electrons. The highest BCUT2D eigenvalue weighted by Crippen LogP contribution is 2.43. The van der Waals surface area contributed by atoms with Gasteiger partial charge in [-0.15, -0.1) is 0 Å². The Morgan fingerprint density at radius 1 is 0.765 bits per heavy atom. The predicted octanol–water partition coefficient (Wildman–Crippen LogP) is 6.28. The van der Waals surface area contributed by atoms with Gasteiger partial charge in [0, 0.05) is 12.5 Å². The molecule has 0 aromatic heterocycles. The molecule has 0 bridgehead atoms. The van der Waals surface area contributed by atoms with E-state index in [1.807, 2.05) is 53.4 Å². The zero-order valence-electron chi connectivity index (χ0n) is 19.1. The lowest BCUT2D eigenvalue weighted by atomic mass is 9.93. The molecule has 0 saturated heterocycles. The third kappa shape index (κ3) is 4.58. The smallest absolute Gasteiger partial charge is 0.225 e. The maximum Gasteiger partial charge on any atom is 0.225 e. The fourth-order valence-corrected chi connectivity index (χ4v) is 5.83. The molecule has 1 aliphatic heterocycles. The van der Waals surface area contributed by atoms with E-state index in [1.165, 1.54) is 10.9 Å². The molecule has 34 heavy (non-hydrogen) atoms. The normalized spacial score (nSPS) is 17.8. The van der Waals surface area contributed by atoms with Crippen molar-refractivity contribution in [2.24, 2.45) is 4.99 Å². The van der Waals surface area contributed by atoms with Gasteiger partial charge in [-0.2, -0.15) is 0 Å². The van der Waals surface area contributed by atoms with E-state index < -0.39 is 0 Å². The number of amides is 1. The number of amidine groups is 1. The Kier molecular flexibility index (Phi) is 6.65. The molecule has 168 valence electrons. The lowest BCUT2D eigenvalue weighted by Gasteiger charge is -2.29. The summed E-state index contributed by atoms with van der Waals surface area (Å²) >= 11 is 0. The summed E-state index contributed by atoms with van der Waals surface area (Å²) in [6, 6.07) is 39.2. The number of carbonyl (C=O) groups is 1. The van der Waals surface area contributed by atoms with Crippen LogP contribution in [-0.2, 0) is 11.0 Å². The summed E-state index contributed by atoms with van der Waals surface area (Å²) in [4.78, 5) is 20.3. The first-order valence-corrected chi connectivity index (χ1v) is 12.8. The molecule has 1 aliphatic rings. The van der Waals surface area contributed by atoms with Crippen LogP contribution in [0, 0.1) is 0 Å². The first-order chi connectivity index (χ1) is 16.7. The van der Waals surface area contributed by atoms with Crippen molar-refractivity contribution in [3.05, 3.63) is 138 Å². The topological polar surface area (TPSA) is 32.7 Å². The first-order valence-electron chi connectivity index (χ1n) is 11.6. The first kappa shape index (κ1) is 22.3. The highest BCUT2D eigenvalue weighted by molar-refractivity contribution is 7.46. The van der Waals surface area contributed by atoms with Crippen molar-refractivity contribution in [1.82, 2.24) is 4.90 Å². The second-order valence-electron chi connectivity index (χ2n) is 8.44. The summed E-state index contributed by atoms with van der Waals surface area (Å²) in [5.74, 6) is 0.776. The van der Waals surface area contributed by atoms with Gasteiger partial charge < -0.3 is 0 Å². The van der Waals surface area contributed by atoms with Crippen molar-refractivity contribution >= 4 is 25.6 Å². The minimum atomic E-state index is -0.179. The Morgan fingerprint density at radius 2 is 1.32 bits per heavy atom. The van der Waals surface area contributed by atoms with E-state index >= 15 is 0 Å². The van der Waals surface area contributed by atoms with E-state index in [9.17, 15) is 4.79 Å². The molecule has 0 fully saturated rings. The van der Waals surface area contributed by atoms with Gasteiger partial charge in [-0.3, -0.25) is 14.7 Å². The lowest BCUT2D eigenvalue weighted by molar-refractivity contribution is -0.126. The lowest BCUT2D eigenvalue weighted by Crippen LogP contribution is -2.37. The van der Waals surface area contributed by atoms with Gasteiger partial charge in [-0.05, 0) is 28.2 Å². The molecule has 1 unspecified atom stereocenters. The Labute approximate surface area is 203 Å². The van der Waals surface area contributed by atoms with Crippen LogP contribution < -0.4 is 5.30 Å². The van der Waals surface area contributed by atoms with Crippen molar-refractivity contribution in [3.63, 3.8) is 0 Å². The predicted molar refractivity (Wildman–Crippen MR) is 142 cm³/mol. The third-order valence-electron chi connectivity index (χ3n) is 6.18. The monoisotopic (exact) mass is 462 g/mol. The summed E-state index contributed by atoms with van der Waals surface area (Å²) in [6.07, 6.45) is 0.968. The largest absolute Gasteiger partial charge is 0.287 e. The van der Waals surface area contributed by atoms with E-state index in [2.05, 4.69) is 66.7 Å². The van der Waals surface area contributed by atoms with Gasteiger partial charge in [0.05, 0.1) is 6.04 Å². The van der Waals surface area contributed by atoms with Gasteiger partial charge in [0.1, 0.15) is 11.9 Å². The number of benzene rings is 4. The minimum absolute atomic E-state index is 0.00669. The maximum atomic E-state index is 13.1. The maximum absolute atomic E-state index is 13.1. The van der Waals surface area contributed by atoms with Crippen LogP contribution in [0.2, 0.25) is 0 Å². The summed E-state index contributed by atoms with van der Waals surface area (Å²) in [6.45, 7) is 1.65. The van der Waals surface area contributed by atoms with E-state index in [1.54, 1.807) is 6.92 Å². The molecule has 1 heterocycles. The molecule has 4 aromatic carbocycles. The highest BCUT2D eigenvalue weighted by Gasteiger charge is 2.41. The van der Waals surface area contributed by atoms with Crippen LogP contribution in [0.4, 0.5) is 0 Å². The van der Waals surface area contributed by atoms with Gasteiger partial charge in [0.15, 0.2) is 0 Å². The molecule has 0 N–H and O–H groups in total. The van der Waals surface area contributed by atoms with Crippen molar-refractivity contribution in [3.8, 4) is 0 Å². The molecule has 5 rings (SSSR count). The van der Waals surface area contributed by atoms with E-state index in [-0.39, 0.29) is 18.0 Å². The van der Waals surface area contributed by atoms with Gasteiger partial charge >= 0.3 is 0 Å².